The molecule has 6 heteroatoms. The number of aliphatic carboxylic acids is 1. The van der Waals surface area contributed by atoms with Crippen LogP contribution in [-0.4, -0.2) is 28.0 Å². The van der Waals surface area contributed by atoms with Crippen LogP contribution in [0.2, 0.25) is 0 Å². The van der Waals surface area contributed by atoms with E-state index in [0.717, 1.165) is 12.8 Å². The normalized spacial score (nSPS) is 15.2. The molecule has 6 nitrogen and oxygen atoms in total. The van der Waals surface area contributed by atoms with Gasteiger partial charge in [0.05, 0.1) is 11.3 Å². The standard InChI is InChI=1S/C14H15N3O3/c1-8-10(7-15)4-5-11(16-8)13(18)17-12(14(19)20)6-9-2-3-9/h4-5,9,12H,2-3,6H2,1H3,(H,17,18)(H,19,20). The Labute approximate surface area is 116 Å². The Kier molecular flexibility index (Phi) is 3.99. The molecule has 0 spiro atoms. The molecule has 0 aromatic carbocycles. The molecular weight excluding hydrogens is 258 g/mol. The molecule has 104 valence electrons. The number of aromatic nitrogens is 1. The minimum absolute atomic E-state index is 0.128. The van der Waals surface area contributed by atoms with Gasteiger partial charge in [-0.25, -0.2) is 9.78 Å². The smallest absolute Gasteiger partial charge is 0.326 e. The van der Waals surface area contributed by atoms with Crippen molar-refractivity contribution in [1.29, 1.82) is 5.26 Å². The zero-order valence-corrected chi connectivity index (χ0v) is 11.1. The van der Waals surface area contributed by atoms with Crippen LogP contribution in [0.5, 0.6) is 0 Å². The van der Waals surface area contributed by atoms with Crippen molar-refractivity contribution in [3.63, 3.8) is 0 Å². The summed E-state index contributed by atoms with van der Waals surface area (Å²) in [7, 11) is 0. The summed E-state index contributed by atoms with van der Waals surface area (Å²) in [6.45, 7) is 1.63. The van der Waals surface area contributed by atoms with Gasteiger partial charge in [0, 0.05) is 0 Å². The van der Waals surface area contributed by atoms with Crippen LogP contribution in [0.25, 0.3) is 0 Å². The van der Waals surface area contributed by atoms with Gasteiger partial charge in [-0.2, -0.15) is 5.26 Å². The van der Waals surface area contributed by atoms with Gasteiger partial charge in [0.15, 0.2) is 0 Å². The lowest BCUT2D eigenvalue weighted by atomic mass is 10.1. The predicted octanol–water partition coefficient (Wildman–Crippen LogP) is 1.24. The highest BCUT2D eigenvalue weighted by molar-refractivity contribution is 5.95. The number of nitrogens with zero attached hydrogens (tertiary/aromatic N) is 2. The maximum Gasteiger partial charge on any atom is 0.326 e. The number of carboxylic acid groups (broad SMARTS) is 1. The van der Waals surface area contributed by atoms with Crippen LogP contribution in [-0.2, 0) is 4.79 Å². The molecule has 1 saturated carbocycles. The van der Waals surface area contributed by atoms with E-state index in [0.29, 0.717) is 23.6 Å². The molecule has 1 fully saturated rings. The second-order valence-electron chi connectivity index (χ2n) is 4.98. The Morgan fingerprint density at radius 3 is 2.75 bits per heavy atom. The predicted molar refractivity (Wildman–Crippen MR) is 69.9 cm³/mol. The van der Waals surface area contributed by atoms with Gasteiger partial charge in [0.25, 0.3) is 5.91 Å². The lowest BCUT2D eigenvalue weighted by molar-refractivity contribution is -0.139. The highest BCUT2D eigenvalue weighted by Crippen LogP contribution is 2.33. The van der Waals surface area contributed by atoms with Gasteiger partial charge >= 0.3 is 5.97 Å². The third-order valence-corrected chi connectivity index (χ3v) is 3.31. The number of amides is 1. The molecule has 1 aromatic rings. The highest BCUT2D eigenvalue weighted by Gasteiger charge is 2.30. The number of hydrogen-bond acceptors (Lipinski definition) is 4. The summed E-state index contributed by atoms with van der Waals surface area (Å²) in [5.74, 6) is -1.16. The number of carbonyl (C=O) groups excluding carboxylic acids is 1. The largest absolute Gasteiger partial charge is 0.480 e. The molecule has 1 aromatic heterocycles. The number of rotatable bonds is 5. The monoisotopic (exact) mass is 273 g/mol. The van der Waals surface area contributed by atoms with Crippen molar-refractivity contribution in [2.24, 2.45) is 5.92 Å². The molecule has 1 atom stereocenters. The molecule has 1 amide bonds. The molecule has 1 aliphatic rings. The van der Waals surface area contributed by atoms with Gasteiger partial charge in [0.2, 0.25) is 0 Å². The lowest BCUT2D eigenvalue weighted by Gasteiger charge is -2.14. The first-order chi connectivity index (χ1) is 9.51. The first-order valence-electron chi connectivity index (χ1n) is 6.42. The SMILES string of the molecule is Cc1nc(C(=O)NC(CC2CC2)C(=O)O)ccc1C#N. The van der Waals surface area contributed by atoms with Crippen LogP contribution in [0.4, 0.5) is 0 Å². The minimum atomic E-state index is -1.03. The van der Waals surface area contributed by atoms with Gasteiger partial charge in [-0.05, 0) is 31.4 Å². The molecule has 0 saturated heterocycles. The van der Waals surface area contributed by atoms with Gasteiger partial charge in [0.1, 0.15) is 17.8 Å². The van der Waals surface area contributed by atoms with Crippen LogP contribution in [0, 0.1) is 24.2 Å². The number of carboxylic acids is 1. The van der Waals surface area contributed by atoms with E-state index in [9.17, 15) is 9.59 Å². The molecule has 1 aliphatic carbocycles. The second kappa shape index (κ2) is 5.70. The quantitative estimate of drug-likeness (QED) is 0.840. The molecular formula is C14H15N3O3. The van der Waals surface area contributed by atoms with E-state index in [1.807, 2.05) is 6.07 Å². The van der Waals surface area contributed by atoms with E-state index >= 15 is 0 Å². The van der Waals surface area contributed by atoms with E-state index in [-0.39, 0.29) is 5.69 Å². The molecule has 2 rings (SSSR count). The Bertz CT molecular complexity index is 588. The fourth-order valence-electron chi connectivity index (χ4n) is 1.95. The number of carbonyl (C=O) groups is 2. The summed E-state index contributed by atoms with van der Waals surface area (Å²) in [6, 6.07) is 4.02. The van der Waals surface area contributed by atoms with E-state index in [1.54, 1.807) is 6.92 Å². The Balaban J connectivity index is 2.08. The van der Waals surface area contributed by atoms with Gasteiger partial charge in [-0.3, -0.25) is 4.79 Å². The number of nitriles is 1. The minimum Gasteiger partial charge on any atom is -0.480 e. The first kappa shape index (κ1) is 14.0. The molecule has 20 heavy (non-hydrogen) atoms. The summed E-state index contributed by atoms with van der Waals surface area (Å²) in [5.41, 5.74) is 0.979. The van der Waals surface area contributed by atoms with Crippen LogP contribution in [0.1, 0.15) is 41.0 Å². The fraction of sp³-hybridized carbons (Fsp3) is 0.429. The average molecular weight is 273 g/mol. The number of nitrogens with one attached hydrogen (secondary N) is 1. The summed E-state index contributed by atoms with van der Waals surface area (Å²) in [4.78, 5) is 27.1. The van der Waals surface area contributed by atoms with Crippen LogP contribution in [0.3, 0.4) is 0 Å². The Morgan fingerprint density at radius 1 is 1.55 bits per heavy atom. The van der Waals surface area contributed by atoms with E-state index < -0.39 is 17.9 Å². The van der Waals surface area contributed by atoms with Crippen molar-refractivity contribution in [1.82, 2.24) is 10.3 Å². The lowest BCUT2D eigenvalue weighted by Crippen LogP contribution is -2.41. The van der Waals surface area contributed by atoms with Crippen molar-refractivity contribution in [3.8, 4) is 6.07 Å². The maximum absolute atomic E-state index is 12.0. The van der Waals surface area contributed by atoms with Crippen LogP contribution >= 0.6 is 0 Å². The average Bonchev–Trinajstić information content (AvgIpc) is 3.21. The van der Waals surface area contributed by atoms with E-state index in [2.05, 4.69) is 10.3 Å². The number of aryl methyl sites for hydroxylation is 1. The Hall–Kier alpha value is -2.42. The molecule has 1 heterocycles. The van der Waals surface area contributed by atoms with Crippen molar-refractivity contribution in [3.05, 3.63) is 29.1 Å². The van der Waals surface area contributed by atoms with Gasteiger partial charge in [-0.1, -0.05) is 12.8 Å². The van der Waals surface area contributed by atoms with Gasteiger partial charge < -0.3 is 10.4 Å². The molecule has 1 unspecified atom stereocenters. The highest BCUT2D eigenvalue weighted by atomic mass is 16.4. The van der Waals surface area contributed by atoms with Crippen molar-refractivity contribution >= 4 is 11.9 Å². The van der Waals surface area contributed by atoms with Crippen molar-refractivity contribution in [2.45, 2.75) is 32.2 Å². The van der Waals surface area contributed by atoms with E-state index in [1.165, 1.54) is 12.1 Å². The third kappa shape index (κ3) is 3.32. The summed E-state index contributed by atoms with van der Waals surface area (Å²) in [5, 5.41) is 20.4. The van der Waals surface area contributed by atoms with Crippen LogP contribution in [0.15, 0.2) is 12.1 Å². The summed E-state index contributed by atoms with van der Waals surface area (Å²) >= 11 is 0. The van der Waals surface area contributed by atoms with Crippen molar-refractivity contribution < 1.29 is 14.7 Å². The second-order valence-corrected chi connectivity index (χ2v) is 4.98. The number of hydrogen-bond donors (Lipinski definition) is 2. The molecule has 0 radical (unpaired) electrons. The van der Waals surface area contributed by atoms with Gasteiger partial charge in [-0.15, -0.1) is 0 Å². The summed E-state index contributed by atoms with van der Waals surface area (Å²) < 4.78 is 0. The molecule has 2 N–H and O–H groups in total. The first-order valence-corrected chi connectivity index (χ1v) is 6.42. The molecule has 0 bridgehead atoms. The van der Waals surface area contributed by atoms with Crippen LogP contribution < -0.4 is 5.32 Å². The zero-order chi connectivity index (χ0) is 14.7. The Morgan fingerprint density at radius 2 is 2.25 bits per heavy atom. The molecule has 0 aliphatic heterocycles. The zero-order valence-electron chi connectivity index (χ0n) is 11.1. The van der Waals surface area contributed by atoms with Crippen molar-refractivity contribution in [2.75, 3.05) is 0 Å². The number of pyridine rings is 1. The third-order valence-electron chi connectivity index (χ3n) is 3.31. The fourth-order valence-corrected chi connectivity index (χ4v) is 1.95. The summed E-state index contributed by atoms with van der Waals surface area (Å²) in [6.07, 6.45) is 2.50. The maximum atomic E-state index is 12.0. The van der Waals surface area contributed by atoms with E-state index in [4.69, 9.17) is 10.4 Å². The topological polar surface area (TPSA) is 103 Å².